The molecule has 1 aromatic heterocycles. The zero-order chi connectivity index (χ0) is 14.1. The van der Waals surface area contributed by atoms with Gasteiger partial charge in [0.2, 0.25) is 5.89 Å². The number of rotatable bonds is 5. The molecule has 1 aromatic rings. The molecule has 0 atom stereocenters. The number of aromatic nitrogens is 2. The van der Waals surface area contributed by atoms with Crippen LogP contribution in [0.3, 0.4) is 0 Å². The van der Waals surface area contributed by atoms with Crippen LogP contribution in [0.15, 0.2) is 4.52 Å². The Kier molecular flexibility index (Phi) is 3.51. The minimum Gasteiger partial charge on any atom is -0.465 e. The molecular weight excluding hydrogens is 265 g/mol. The van der Waals surface area contributed by atoms with Crippen LogP contribution in [-0.4, -0.2) is 28.9 Å². The normalized spacial score (nSPS) is 17.3. The van der Waals surface area contributed by atoms with Gasteiger partial charge in [-0.2, -0.15) is 18.2 Å². The Bertz CT molecular complexity index is 466. The van der Waals surface area contributed by atoms with E-state index in [1.165, 1.54) is 0 Å². The van der Waals surface area contributed by atoms with E-state index >= 15 is 0 Å². The molecule has 1 heterocycles. The average molecular weight is 278 g/mol. The minimum atomic E-state index is -4.26. The molecule has 0 N–H and O–H groups in total. The highest BCUT2D eigenvalue weighted by Gasteiger charge is 2.57. The third-order valence-corrected chi connectivity index (χ3v) is 2.93. The number of alkyl halides is 3. The maximum Gasteiger partial charge on any atom is 0.389 e. The van der Waals surface area contributed by atoms with Crippen molar-refractivity contribution < 1.29 is 27.2 Å². The van der Waals surface area contributed by atoms with Crippen molar-refractivity contribution in [2.75, 3.05) is 6.61 Å². The van der Waals surface area contributed by atoms with Crippen molar-refractivity contribution in [3.63, 3.8) is 0 Å². The predicted octanol–water partition coefficient (Wildman–Crippen LogP) is 2.16. The molecule has 0 bridgehead atoms. The van der Waals surface area contributed by atoms with Gasteiger partial charge in [0.1, 0.15) is 5.41 Å². The Morgan fingerprint density at radius 1 is 1.47 bits per heavy atom. The maximum atomic E-state index is 12.1. The van der Waals surface area contributed by atoms with Gasteiger partial charge < -0.3 is 9.26 Å². The van der Waals surface area contributed by atoms with Crippen molar-refractivity contribution in [1.29, 1.82) is 0 Å². The second kappa shape index (κ2) is 4.82. The Morgan fingerprint density at radius 3 is 2.68 bits per heavy atom. The number of esters is 1. The highest BCUT2D eigenvalue weighted by molar-refractivity contribution is 5.85. The monoisotopic (exact) mass is 278 g/mol. The number of nitrogens with zero attached hydrogens (tertiary/aromatic N) is 2. The predicted molar refractivity (Wildman–Crippen MR) is 56.2 cm³/mol. The van der Waals surface area contributed by atoms with Crippen molar-refractivity contribution in [3.8, 4) is 0 Å². The van der Waals surface area contributed by atoms with Crippen LogP contribution >= 0.6 is 0 Å². The Hall–Kier alpha value is -1.60. The van der Waals surface area contributed by atoms with Gasteiger partial charge in [-0.3, -0.25) is 4.79 Å². The fourth-order valence-corrected chi connectivity index (χ4v) is 1.70. The van der Waals surface area contributed by atoms with Crippen molar-refractivity contribution in [3.05, 3.63) is 11.7 Å². The first-order valence-corrected chi connectivity index (χ1v) is 5.94. The number of carbonyl (C=O) groups is 1. The van der Waals surface area contributed by atoms with E-state index in [1.807, 2.05) is 0 Å². The summed E-state index contributed by atoms with van der Waals surface area (Å²) in [5, 5.41) is 3.47. The highest BCUT2D eigenvalue weighted by atomic mass is 19.4. The summed E-state index contributed by atoms with van der Waals surface area (Å²) in [6.07, 6.45) is -4.59. The van der Waals surface area contributed by atoms with Crippen molar-refractivity contribution in [2.24, 2.45) is 0 Å². The first kappa shape index (κ1) is 13.8. The van der Waals surface area contributed by atoms with Crippen LogP contribution in [0.5, 0.6) is 0 Å². The number of aryl methyl sites for hydroxylation is 1. The third-order valence-electron chi connectivity index (χ3n) is 2.93. The molecule has 1 saturated carbocycles. The van der Waals surface area contributed by atoms with Gasteiger partial charge >= 0.3 is 12.1 Å². The molecule has 0 radical (unpaired) electrons. The lowest BCUT2D eigenvalue weighted by atomic mass is 10.1. The van der Waals surface area contributed by atoms with E-state index in [9.17, 15) is 18.0 Å². The van der Waals surface area contributed by atoms with Gasteiger partial charge in [0.15, 0.2) is 5.82 Å². The average Bonchev–Trinajstić information content (AvgIpc) is 2.99. The quantitative estimate of drug-likeness (QED) is 0.772. The van der Waals surface area contributed by atoms with E-state index in [1.54, 1.807) is 6.92 Å². The van der Waals surface area contributed by atoms with Gasteiger partial charge in [0.25, 0.3) is 0 Å². The maximum absolute atomic E-state index is 12.1. The van der Waals surface area contributed by atoms with Crippen LogP contribution < -0.4 is 0 Å². The molecule has 106 valence electrons. The number of carbonyl (C=O) groups excluding carboxylic acids is 1. The summed E-state index contributed by atoms with van der Waals surface area (Å²) < 4.78 is 46.0. The zero-order valence-corrected chi connectivity index (χ0v) is 10.3. The molecule has 1 aliphatic carbocycles. The number of hydrogen-bond acceptors (Lipinski definition) is 5. The van der Waals surface area contributed by atoms with Crippen LogP contribution in [0, 0.1) is 0 Å². The van der Waals surface area contributed by atoms with Gasteiger partial charge in [-0.05, 0) is 19.8 Å². The standard InChI is InChI=1S/C11H13F3N2O3/c1-2-18-9(17)10(5-6-10)8-15-7(16-19-8)3-4-11(12,13)14/h2-6H2,1H3. The molecule has 2 rings (SSSR count). The van der Waals surface area contributed by atoms with Gasteiger partial charge in [-0.25, -0.2) is 0 Å². The number of halogens is 3. The molecule has 19 heavy (non-hydrogen) atoms. The molecule has 0 aromatic carbocycles. The van der Waals surface area contributed by atoms with Crippen molar-refractivity contribution >= 4 is 5.97 Å². The zero-order valence-electron chi connectivity index (χ0n) is 10.3. The van der Waals surface area contributed by atoms with Crippen LogP contribution in [0.1, 0.15) is 37.9 Å². The molecule has 0 unspecified atom stereocenters. The number of hydrogen-bond donors (Lipinski definition) is 0. The molecule has 1 fully saturated rings. The Labute approximate surface area is 107 Å². The van der Waals surface area contributed by atoms with Crippen LogP contribution in [0.2, 0.25) is 0 Å². The molecule has 0 amide bonds. The second-order valence-electron chi connectivity index (χ2n) is 4.43. The lowest BCUT2D eigenvalue weighted by Gasteiger charge is -2.08. The van der Waals surface area contributed by atoms with E-state index in [0.29, 0.717) is 12.8 Å². The summed E-state index contributed by atoms with van der Waals surface area (Å²) >= 11 is 0. The van der Waals surface area contributed by atoms with Gasteiger partial charge in [-0.1, -0.05) is 5.16 Å². The van der Waals surface area contributed by atoms with Gasteiger partial charge in [-0.15, -0.1) is 0 Å². The van der Waals surface area contributed by atoms with E-state index in [0.717, 1.165) is 0 Å². The molecule has 0 spiro atoms. The van der Waals surface area contributed by atoms with Gasteiger partial charge in [0, 0.05) is 6.42 Å². The summed E-state index contributed by atoms with van der Waals surface area (Å²) in [5.41, 5.74) is -0.931. The van der Waals surface area contributed by atoms with Crippen molar-refractivity contribution in [2.45, 2.75) is 44.2 Å². The molecule has 0 saturated heterocycles. The summed E-state index contributed by atoms with van der Waals surface area (Å²) in [5.74, 6) is -0.438. The third kappa shape index (κ3) is 3.05. The highest BCUT2D eigenvalue weighted by Crippen LogP contribution is 2.48. The minimum absolute atomic E-state index is 0.0390. The van der Waals surface area contributed by atoms with E-state index in [4.69, 9.17) is 9.26 Å². The SMILES string of the molecule is CCOC(=O)C1(c2nc(CCC(F)(F)F)no2)CC1. The fourth-order valence-electron chi connectivity index (χ4n) is 1.70. The molecule has 0 aliphatic heterocycles. The van der Waals surface area contributed by atoms with Gasteiger partial charge in [0.05, 0.1) is 13.0 Å². The summed E-state index contributed by atoms with van der Waals surface area (Å²) in [7, 11) is 0. The van der Waals surface area contributed by atoms with Crippen LogP contribution in [-0.2, 0) is 21.4 Å². The smallest absolute Gasteiger partial charge is 0.389 e. The first-order valence-electron chi connectivity index (χ1n) is 5.94. The largest absolute Gasteiger partial charge is 0.465 e. The Balaban J connectivity index is 2.03. The van der Waals surface area contributed by atoms with Crippen LogP contribution in [0.4, 0.5) is 13.2 Å². The Morgan fingerprint density at radius 2 is 2.16 bits per heavy atom. The topological polar surface area (TPSA) is 65.2 Å². The molecule has 5 nitrogen and oxygen atoms in total. The molecular formula is C11H13F3N2O3. The first-order chi connectivity index (χ1) is 8.87. The van der Waals surface area contributed by atoms with E-state index in [2.05, 4.69) is 10.1 Å². The summed E-state index contributed by atoms with van der Waals surface area (Å²) in [6.45, 7) is 1.91. The fraction of sp³-hybridized carbons (Fsp3) is 0.727. The molecule has 8 heteroatoms. The van der Waals surface area contributed by atoms with E-state index < -0.39 is 24.0 Å². The van der Waals surface area contributed by atoms with Crippen LogP contribution in [0.25, 0.3) is 0 Å². The summed E-state index contributed by atoms with van der Waals surface area (Å²) in [6, 6.07) is 0. The van der Waals surface area contributed by atoms with E-state index in [-0.39, 0.29) is 24.7 Å². The lowest BCUT2D eigenvalue weighted by Crippen LogP contribution is -2.23. The number of ether oxygens (including phenoxy) is 1. The second-order valence-corrected chi connectivity index (χ2v) is 4.43. The molecule has 1 aliphatic rings. The summed E-state index contributed by atoms with van der Waals surface area (Å²) in [4.78, 5) is 15.6. The lowest BCUT2D eigenvalue weighted by molar-refractivity contribution is -0.147. The van der Waals surface area contributed by atoms with Crippen molar-refractivity contribution in [1.82, 2.24) is 10.1 Å².